The van der Waals surface area contributed by atoms with Crippen LogP contribution in [0.2, 0.25) is 0 Å². The second kappa shape index (κ2) is 10.9. The highest BCUT2D eigenvalue weighted by molar-refractivity contribution is 5.89. The average molecular weight is 335 g/mol. The third-order valence-corrected chi connectivity index (χ3v) is 3.71. The largest absolute Gasteiger partial charge is 0.462 e. The monoisotopic (exact) mass is 335 g/mol. The van der Waals surface area contributed by atoms with E-state index in [0.29, 0.717) is 12.2 Å². The van der Waals surface area contributed by atoms with E-state index in [0.717, 1.165) is 37.9 Å². The first-order valence-electron chi connectivity index (χ1n) is 8.80. The van der Waals surface area contributed by atoms with Gasteiger partial charge in [0.2, 0.25) is 0 Å². The molecule has 0 aliphatic rings. The van der Waals surface area contributed by atoms with Gasteiger partial charge >= 0.3 is 5.97 Å². The summed E-state index contributed by atoms with van der Waals surface area (Å²) in [6.07, 6.45) is 3.93. The number of rotatable bonds is 8. The lowest BCUT2D eigenvalue weighted by molar-refractivity contribution is 0.0526. The van der Waals surface area contributed by atoms with E-state index >= 15 is 0 Å². The quantitative estimate of drug-likeness (QED) is 0.432. The van der Waals surface area contributed by atoms with Crippen LogP contribution >= 0.6 is 0 Å². The standard InChI is InChI=1S/C22H25NO2/c1-2-25-22(24)20-14-16-21(17-15-20)23-18-10-5-3-4-7-11-19-12-8-6-9-13-19/h6,8-9,12-17,23H,2,4,7,10-11,18H2,1H3. The number of carbonyl (C=O) groups excluding carboxylic acids is 1. The maximum atomic E-state index is 11.6. The summed E-state index contributed by atoms with van der Waals surface area (Å²) in [6, 6.07) is 17.8. The number of nitrogens with one attached hydrogen (secondary N) is 1. The van der Waals surface area contributed by atoms with Gasteiger partial charge in [-0.15, -0.1) is 11.8 Å². The Kier molecular flexibility index (Phi) is 8.14. The van der Waals surface area contributed by atoms with Gasteiger partial charge in [0.15, 0.2) is 0 Å². The first-order valence-corrected chi connectivity index (χ1v) is 8.80. The molecule has 0 fully saturated rings. The summed E-state index contributed by atoms with van der Waals surface area (Å²) >= 11 is 0. The van der Waals surface area contributed by atoms with Crippen LogP contribution in [0.4, 0.5) is 5.69 Å². The van der Waals surface area contributed by atoms with Crippen LogP contribution in [0.1, 0.15) is 42.1 Å². The van der Waals surface area contributed by atoms with Crippen molar-refractivity contribution in [2.75, 3.05) is 18.5 Å². The van der Waals surface area contributed by atoms with Crippen LogP contribution in [0.15, 0.2) is 54.6 Å². The van der Waals surface area contributed by atoms with Crippen molar-refractivity contribution >= 4 is 11.7 Å². The normalized spacial score (nSPS) is 9.80. The molecule has 1 N–H and O–H groups in total. The summed E-state index contributed by atoms with van der Waals surface area (Å²) < 4.78 is 4.96. The molecule has 3 nitrogen and oxygen atoms in total. The van der Waals surface area contributed by atoms with Gasteiger partial charge in [-0.25, -0.2) is 4.79 Å². The van der Waals surface area contributed by atoms with Gasteiger partial charge in [-0.1, -0.05) is 30.3 Å². The summed E-state index contributed by atoms with van der Waals surface area (Å²) in [4.78, 5) is 11.6. The van der Waals surface area contributed by atoms with Gasteiger partial charge in [0.25, 0.3) is 0 Å². The van der Waals surface area contributed by atoms with E-state index in [9.17, 15) is 4.79 Å². The van der Waals surface area contributed by atoms with Gasteiger partial charge in [0.05, 0.1) is 12.2 Å². The Morgan fingerprint density at radius 2 is 1.72 bits per heavy atom. The predicted molar refractivity (Wildman–Crippen MR) is 103 cm³/mol. The van der Waals surface area contributed by atoms with Crippen LogP contribution in [0.25, 0.3) is 0 Å². The summed E-state index contributed by atoms with van der Waals surface area (Å²) in [7, 11) is 0. The van der Waals surface area contributed by atoms with Crippen LogP contribution < -0.4 is 5.32 Å². The minimum atomic E-state index is -0.282. The van der Waals surface area contributed by atoms with Gasteiger partial charge in [-0.2, -0.15) is 0 Å². The molecule has 0 atom stereocenters. The number of ether oxygens (including phenoxy) is 1. The van der Waals surface area contributed by atoms with Crippen LogP contribution in [-0.4, -0.2) is 19.1 Å². The lowest BCUT2D eigenvalue weighted by Gasteiger charge is -2.05. The van der Waals surface area contributed by atoms with Crippen molar-refractivity contribution in [2.24, 2.45) is 0 Å². The van der Waals surface area contributed by atoms with Gasteiger partial charge in [-0.05, 0) is 49.6 Å². The number of aryl methyl sites for hydroxylation is 1. The van der Waals surface area contributed by atoms with Crippen molar-refractivity contribution in [1.29, 1.82) is 0 Å². The lowest BCUT2D eigenvalue weighted by atomic mass is 10.1. The van der Waals surface area contributed by atoms with E-state index in [1.165, 1.54) is 5.56 Å². The first kappa shape index (κ1) is 18.6. The molecule has 0 radical (unpaired) electrons. The zero-order chi connectivity index (χ0) is 17.7. The SMILES string of the molecule is CCOC(=O)c1ccc(NCCC#CCCCc2ccccc2)cc1. The smallest absolute Gasteiger partial charge is 0.338 e. The zero-order valence-corrected chi connectivity index (χ0v) is 14.8. The highest BCUT2D eigenvalue weighted by Gasteiger charge is 2.04. The fourth-order valence-electron chi connectivity index (χ4n) is 2.41. The number of benzene rings is 2. The third-order valence-electron chi connectivity index (χ3n) is 3.71. The molecule has 0 unspecified atom stereocenters. The molecule has 25 heavy (non-hydrogen) atoms. The molecular weight excluding hydrogens is 310 g/mol. The number of unbranched alkanes of at least 4 members (excludes halogenated alkanes) is 1. The van der Waals surface area contributed by atoms with Crippen LogP contribution in [-0.2, 0) is 11.2 Å². The van der Waals surface area contributed by atoms with E-state index < -0.39 is 0 Å². The number of hydrogen-bond donors (Lipinski definition) is 1. The van der Waals surface area contributed by atoms with E-state index in [-0.39, 0.29) is 5.97 Å². The Morgan fingerprint density at radius 3 is 2.44 bits per heavy atom. The maximum Gasteiger partial charge on any atom is 0.338 e. The van der Waals surface area contributed by atoms with Crippen LogP contribution in [0, 0.1) is 11.8 Å². The zero-order valence-electron chi connectivity index (χ0n) is 14.8. The minimum Gasteiger partial charge on any atom is -0.462 e. The molecule has 0 amide bonds. The minimum absolute atomic E-state index is 0.282. The van der Waals surface area contributed by atoms with Gasteiger partial charge in [-0.3, -0.25) is 0 Å². The number of anilines is 1. The van der Waals surface area contributed by atoms with Crippen molar-refractivity contribution in [2.45, 2.75) is 32.6 Å². The highest BCUT2D eigenvalue weighted by Crippen LogP contribution is 2.10. The maximum absolute atomic E-state index is 11.6. The van der Waals surface area contributed by atoms with Crippen LogP contribution in [0.3, 0.4) is 0 Å². The van der Waals surface area contributed by atoms with Crippen LogP contribution in [0.5, 0.6) is 0 Å². The lowest BCUT2D eigenvalue weighted by Crippen LogP contribution is -2.05. The van der Waals surface area contributed by atoms with Crippen molar-refractivity contribution in [3.63, 3.8) is 0 Å². The van der Waals surface area contributed by atoms with Gasteiger partial charge in [0, 0.05) is 25.1 Å². The Morgan fingerprint density at radius 1 is 1.00 bits per heavy atom. The van der Waals surface area contributed by atoms with E-state index in [1.54, 1.807) is 19.1 Å². The molecule has 3 heteroatoms. The molecular formula is C22H25NO2. The number of hydrogen-bond acceptors (Lipinski definition) is 3. The molecule has 0 bridgehead atoms. The molecule has 130 valence electrons. The molecule has 2 aromatic carbocycles. The van der Waals surface area contributed by atoms with E-state index in [2.05, 4.69) is 41.4 Å². The number of esters is 1. The van der Waals surface area contributed by atoms with Crippen molar-refractivity contribution in [3.8, 4) is 11.8 Å². The Balaban J connectivity index is 1.60. The molecule has 0 aromatic heterocycles. The molecule has 0 aliphatic heterocycles. The second-order valence-corrected chi connectivity index (χ2v) is 5.67. The molecule has 2 aromatic rings. The molecule has 0 aliphatic carbocycles. The third kappa shape index (κ3) is 7.14. The van der Waals surface area contributed by atoms with Crippen molar-refractivity contribution < 1.29 is 9.53 Å². The highest BCUT2D eigenvalue weighted by atomic mass is 16.5. The topological polar surface area (TPSA) is 38.3 Å². The Labute approximate surface area is 150 Å². The first-order chi connectivity index (χ1) is 12.3. The van der Waals surface area contributed by atoms with E-state index in [4.69, 9.17) is 4.74 Å². The Hall–Kier alpha value is -2.73. The Bertz CT molecular complexity index is 696. The molecule has 0 saturated carbocycles. The summed E-state index contributed by atoms with van der Waals surface area (Å²) in [5.41, 5.74) is 2.93. The molecule has 0 heterocycles. The summed E-state index contributed by atoms with van der Waals surface area (Å²) in [5.74, 6) is 6.15. The number of carbonyl (C=O) groups is 1. The summed E-state index contributed by atoms with van der Waals surface area (Å²) in [6.45, 7) is 2.99. The van der Waals surface area contributed by atoms with Crippen molar-refractivity contribution in [3.05, 3.63) is 65.7 Å². The molecule has 0 spiro atoms. The second-order valence-electron chi connectivity index (χ2n) is 5.67. The predicted octanol–water partition coefficient (Wildman–Crippen LogP) is 4.69. The fourth-order valence-corrected chi connectivity index (χ4v) is 2.41. The fraction of sp³-hybridized carbons (Fsp3) is 0.318. The van der Waals surface area contributed by atoms with E-state index in [1.807, 2.05) is 18.2 Å². The molecule has 2 rings (SSSR count). The van der Waals surface area contributed by atoms with Gasteiger partial charge in [0.1, 0.15) is 0 Å². The van der Waals surface area contributed by atoms with Gasteiger partial charge < -0.3 is 10.1 Å². The summed E-state index contributed by atoms with van der Waals surface area (Å²) in [5, 5.41) is 3.30. The average Bonchev–Trinajstić information content (AvgIpc) is 2.65. The molecule has 0 saturated heterocycles. The van der Waals surface area contributed by atoms with Crippen molar-refractivity contribution in [1.82, 2.24) is 0 Å².